The molecule has 0 spiro atoms. The van der Waals surface area contributed by atoms with Gasteiger partial charge in [-0.25, -0.2) is 0 Å². The molecule has 0 aromatic heterocycles. The van der Waals surface area contributed by atoms with E-state index in [0.29, 0.717) is 16.8 Å². The zero-order valence-electron chi connectivity index (χ0n) is 9.60. The number of nitrogens with two attached hydrogens (primary N) is 2. The molecular weight excluding hydrogens is 218 g/mol. The molecule has 4 N–H and O–H groups in total. The first-order valence-electron chi connectivity index (χ1n) is 5.06. The molecule has 0 aliphatic heterocycles. The van der Waals surface area contributed by atoms with Crippen molar-refractivity contribution in [3.05, 3.63) is 47.0 Å². The summed E-state index contributed by atoms with van der Waals surface area (Å²) in [4.78, 5) is 0. The molecule has 1 rings (SSSR count). The van der Waals surface area contributed by atoms with Gasteiger partial charge in [-0.1, -0.05) is 44.7 Å². The van der Waals surface area contributed by atoms with Crippen LogP contribution in [0.4, 0.5) is 0 Å². The van der Waals surface area contributed by atoms with Gasteiger partial charge in [-0.2, -0.15) is 4.40 Å². The lowest BCUT2D eigenvalue weighted by atomic mass is 10.0. The maximum absolute atomic E-state index is 5.80. The predicted octanol–water partition coefficient (Wildman–Crippen LogP) is 2.59. The number of amidine groups is 1. The highest BCUT2D eigenvalue weighted by Gasteiger charge is 2.01. The fourth-order valence-electron chi connectivity index (χ4n) is 1.20. The summed E-state index contributed by atoms with van der Waals surface area (Å²) >= 11 is 1.09. The van der Waals surface area contributed by atoms with Gasteiger partial charge in [-0.05, 0) is 11.5 Å². The first-order valence-corrected chi connectivity index (χ1v) is 5.83. The highest BCUT2D eigenvalue weighted by atomic mass is 32.2. The van der Waals surface area contributed by atoms with Gasteiger partial charge in [0.05, 0.1) is 5.03 Å². The molecule has 1 aromatic rings. The van der Waals surface area contributed by atoms with Gasteiger partial charge in [0.15, 0.2) is 0 Å². The van der Waals surface area contributed by atoms with Crippen LogP contribution in [0.2, 0.25) is 0 Å². The topological polar surface area (TPSA) is 64.4 Å². The Balaban J connectivity index is 2.81. The van der Waals surface area contributed by atoms with Crippen LogP contribution in [0, 0.1) is 0 Å². The Morgan fingerprint density at radius 2 is 1.81 bits per heavy atom. The van der Waals surface area contributed by atoms with Crippen LogP contribution in [-0.2, 0) is 0 Å². The largest absolute Gasteiger partial charge is 0.393 e. The molecule has 4 heteroatoms. The first-order chi connectivity index (χ1) is 7.50. The van der Waals surface area contributed by atoms with Crippen LogP contribution in [0.5, 0.6) is 0 Å². The Hall–Kier alpha value is -1.42. The van der Waals surface area contributed by atoms with Gasteiger partial charge < -0.3 is 11.5 Å². The number of hydrogen-bond donors (Lipinski definition) is 2. The molecule has 86 valence electrons. The highest BCUT2D eigenvalue weighted by Crippen LogP contribution is 2.16. The summed E-state index contributed by atoms with van der Waals surface area (Å²) < 4.78 is 4.05. The molecule has 0 radical (unpaired) electrons. The minimum Gasteiger partial charge on any atom is -0.393 e. The van der Waals surface area contributed by atoms with Crippen molar-refractivity contribution in [1.82, 2.24) is 0 Å². The molecule has 0 saturated heterocycles. The van der Waals surface area contributed by atoms with Gasteiger partial charge in [0.25, 0.3) is 0 Å². The molecule has 3 nitrogen and oxygen atoms in total. The van der Waals surface area contributed by atoms with E-state index in [1.807, 2.05) is 12.1 Å². The lowest BCUT2D eigenvalue weighted by Gasteiger charge is -2.06. The molecule has 1 aromatic carbocycles. The minimum atomic E-state index is 0.432. The Labute approximate surface area is 101 Å². The summed E-state index contributed by atoms with van der Waals surface area (Å²) in [6.07, 6.45) is 0. The Kier molecular flexibility index (Phi) is 4.43. The third-order valence-corrected chi connectivity index (χ3v) is 2.66. The molecule has 16 heavy (non-hydrogen) atoms. The molecule has 0 unspecified atom stereocenters. The SMILES string of the molecule is C=C(N)S/N=C(\N)c1ccc(C(C)C)cc1. The summed E-state index contributed by atoms with van der Waals surface area (Å²) in [5.74, 6) is 0.984. The highest BCUT2D eigenvalue weighted by molar-refractivity contribution is 8.01. The van der Waals surface area contributed by atoms with Crippen LogP contribution in [0.15, 0.2) is 40.3 Å². The van der Waals surface area contributed by atoms with Gasteiger partial charge in [0.1, 0.15) is 5.84 Å². The second-order valence-corrected chi connectivity index (χ2v) is 4.70. The molecule has 0 fully saturated rings. The number of benzene rings is 1. The summed E-state index contributed by atoms with van der Waals surface area (Å²) in [7, 11) is 0. The van der Waals surface area contributed by atoms with Crippen LogP contribution in [0.1, 0.15) is 30.9 Å². The smallest absolute Gasteiger partial charge is 0.139 e. The monoisotopic (exact) mass is 235 g/mol. The minimum absolute atomic E-state index is 0.432. The Morgan fingerprint density at radius 1 is 1.25 bits per heavy atom. The van der Waals surface area contributed by atoms with E-state index in [1.54, 1.807) is 0 Å². The Morgan fingerprint density at radius 3 is 2.25 bits per heavy atom. The van der Waals surface area contributed by atoms with E-state index in [-0.39, 0.29) is 0 Å². The van der Waals surface area contributed by atoms with E-state index in [4.69, 9.17) is 11.5 Å². The molecule has 0 amide bonds. The van der Waals surface area contributed by atoms with Gasteiger partial charge in [-0.15, -0.1) is 0 Å². The van der Waals surface area contributed by atoms with Crippen molar-refractivity contribution in [2.24, 2.45) is 15.9 Å². The van der Waals surface area contributed by atoms with Crippen molar-refractivity contribution in [2.45, 2.75) is 19.8 Å². The van der Waals surface area contributed by atoms with Crippen molar-refractivity contribution in [3.8, 4) is 0 Å². The van der Waals surface area contributed by atoms with Gasteiger partial charge in [0, 0.05) is 17.5 Å². The summed E-state index contributed by atoms with van der Waals surface area (Å²) in [5.41, 5.74) is 13.4. The predicted molar refractivity (Wildman–Crippen MR) is 72.2 cm³/mol. The van der Waals surface area contributed by atoms with Crippen LogP contribution in [0.25, 0.3) is 0 Å². The van der Waals surface area contributed by atoms with Crippen LogP contribution >= 0.6 is 11.9 Å². The lowest BCUT2D eigenvalue weighted by Crippen LogP contribution is -2.12. The Bertz CT molecular complexity index is 393. The number of rotatable bonds is 4. The molecule has 0 aliphatic rings. The maximum atomic E-state index is 5.80. The zero-order valence-corrected chi connectivity index (χ0v) is 10.4. The van der Waals surface area contributed by atoms with Gasteiger partial charge >= 0.3 is 0 Å². The molecule has 0 saturated carbocycles. The van der Waals surface area contributed by atoms with Crippen molar-refractivity contribution in [3.63, 3.8) is 0 Å². The first kappa shape index (κ1) is 12.6. The fourth-order valence-corrected chi connectivity index (χ4v) is 1.52. The molecule has 0 aliphatic carbocycles. The van der Waals surface area contributed by atoms with E-state index in [1.165, 1.54) is 5.56 Å². The molecule has 0 atom stereocenters. The third kappa shape index (κ3) is 3.62. The lowest BCUT2D eigenvalue weighted by molar-refractivity contribution is 0.866. The van der Waals surface area contributed by atoms with E-state index < -0.39 is 0 Å². The number of hydrogen-bond acceptors (Lipinski definition) is 3. The average molecular weight is 235 g/mol. The van der Waals surface area contributed by atoms with E-state index in [2.05, 4.69) is 37.0 Å². The molecule has 0 heterocycles. The van der Waals surface area contributed by atoms with Crippen molar-refractivity contribution < 1.29 is 0 Å². The number of nitrogens with zero attached hydrogens (tertiary/aromatic N) is 1. The standard InChI is InChI=1S/C12H17N3S/c1-8(2)10-4-6-11(7-5-10)12(14)15-16-9(3)13/h4-8H,3,13H2,1-2H3,(H2,14,15). The van der Waals surface area contributed by atoms with Crippen LogP contribution in [-0.4, -0.2) is 5.84 Å². The quantitative estimate of drug-likeness (QED) is 0.479. The van der Waals surface area contributed by atoms with E-state index in [0.717, 1.165) is 17.5 Å². The summed E-state index contributed by atoms with van der Waals surface area (Å²) in [6.45, 7) is 7.84. The molecular formula is C12H17N3S. The summed E-state index contributed by atoms with van der Waals surface area (Å²) in [6, 6.07) is 8.05. The normalized spacial score (nSPS) is 11.8. The molecule has 0 bridgehead atoms. The van der Waals surface area contributed by atoms with Crippen molar-refractivity contribution in [1.29, 1.82) is 0 Å². The van der Waals surface area contributed by atoms with Crippen LogP contribution in [0.3, 0.4) is 0 Å². The van der Waals surface area contributed by atoms with Crippen molar-refractivity contribution in [2.75, 3.05) is 0 Å². The van der Waals surface area contributed by atoms with Gasteiger partial charge in [0.2, 0.25) is 0 Å². The summed E-state index contributed by atoms with van der Waals surface area (Å²) in [5, 5.41) is 0.432. The van der Waals surface area contributed by atoms with Crippen LogP contribution < -0.4 is 11.5 Å². The van der Waals surface area contributed by atoms with E-state index in [9.17, 15) is 0 Å². The van der Waals surface area contributed by atoms with Gasteiger partial charge in [-0.3, -0.25) is 0 Å². The fraction of sp³-hybridized carbons (Fsp3) is 0.250. The average Bonchev–Trinajstić information content (AvgIpc) is 2.26. The second kappa shape index (κ2) is 5.61. The zero-order chi connectivity index (χ0) is 12.1. The third-order valence-electron chi connectivity index (χ3n) is 2.13. The maximum Gasteiger partial charge on any atom is 0.139 e. The van der Waals surface area contributed by atoms with Crippen molar-refractivity contribution >= 4 is 17.8 Å². The second-order valence-electron chi connectivity index (χ2n) is 3.81. The van der Waals surface area contributed by atoms with E-state index >= 15 is 0 Å².